The molecule has 3 aromatic carbocycles. The Morgan fingerprint density at radius 3 is 2.28 bits per heavy atom. The van der Waals surface area contributed by atoms with Gasteiger partial charge in [0.15, 0.2) is 5.78 Å². The van der Waals surface area contributed by atoms with E-state index in [0.29, 0.717) is 23.1 Å². The molecule has 0 unspecified atom stereocenters. The SMILES string of the molecule is Cc1cccc(Cc2cc(C(=O)c3ccccc3)c(O)c(C)c2O)c1. The second kappa shape index (κ2) is 6.81. The van der Waals surface area contributed by atoms with E-state index in [-0.39, 0.29) is 22.8 Å². The van der Waals surface area contributed by atoms with Crippen LogP contribution in [0.3, 0.4) is 0 Å². The van der Waals surface area contributed by atoms with E-state index in [1.54, 1.807) is 37.3 Å². The van der Waals surface area contributed by atoms with Crippen molar-refractivity contribution in [2.24, 2.45) is 0 Å². The lowest BCUT2D eigenvalue weighted by molar-refractivity contribution is 0.103. The molecule has 0 spiro atoms. The average Bonchev–Trinajstić information content (AvgIpc) is 2.62. The fourth-order valence-electron chi connectivity index (χ4n) is 2.96. The number of aromatic hydroxyl groups is 2. The molecule has 0 aliphatic carbocycles. The Hall–Kier alpha value is -3.07. The maximum absolute atomic E-state index is 12.7. The van der Waals surface area contributed by atoms with Gasteiger partial charge in [0.2, 0.25) is 0 Å². The Morgan fingerprint density at radius 2 is 1.60 bits per heavy atom. The molecule has 0 saturated carbocycles. The molecular weight excluding hydrogens is 312 g/mol. The zero-order valence-electron chi connectivity index (χ0n) is 14.3. The Balaban J connectivity index is 2.06. The summed E-state index contributed by atoms with van der Waals surface area (Å²) in [7, 11) is 0. The first-order valence-corrected chi connectivity index (χ1v) is 8.17. The molecule has 0 aliphatic heterocycles. The van der Waals surface area contributed by atoms with Crippen LogP contribution in [-0.2, 0) is 6.42 Å². The number of aryl methyl sites for hydroxylation is 1. The molecule has 0 atom stereocenters. The average molecular weight is 332 g/mol. The second-order valence-electron chi connectivity index (χ2n) is 6.27. The minimum atomic E-state index is -0.258. The number of hydrogen-bond acceptors (Lipinski definition) is 3. The molecule has 0 aliphatic rings. The van der Waals surface area contributed by atoms with Crippen LogP contribution in [-0.4, -0.2) is 16.0 Å². The van der Waals surface area contributed by atoms with E-state index in [9.17, 15) is 15.0 Å². The van der Waals surface area contributed by atoms with Crippen LogP contribution in [0.1, 0.15) is 38.2 Å². The Kier molecular flexibility index (Phi) is 4.57. The molecule has 3 heteroatoms. The van der Waals surface area contributed by atoms with E-state index in [0.717, 1.165) is 11.1 Å². The highest BCUT2D eigenvalue weighted by Crippen LogP contribution is 2.35. The number of phenols is 2. The molecule has 126 valence electrons. The van der Waals surface area contributed by atoms with Crippen molar-refractivity contribution in [1.29, 1.82) is 0 Å². The lowest BCUT2D eigenvalue weighted by atomic mass is 9.93. The van der Waals surface area contributed by atoms with Crippen LogP contribution in [0.15, 0.2) is 60.7 Å². The molecule has 0 amide bonds. The van der Waals surface area contributed by atoms with Gasteiger partial charge in [-0.15, -0.1) is 0 Å². The molecule has 0 aromatic heterocycles. The van der Waals surface area contributed by atoms with E-state index in [1.807, 2.05) is 37.3 Å². The molecule has 0 bridgehead atoms. The summed E-state index contributed by atoms with van der Waals surface area (Å²) in [5.74, 6) is -0.394. The number of rotatable bonds is 4. The van der Waals surface area contributed by atoms with Crippen LogP contribution >= 0.6 is 0 Å². The molecule has 0 heterocycles. The van der Waals surface area contributed by atoms with Gasteiger partial charge in [0.1, 0.15) is 11.5 Å². The highest BCUT2D eigenvalue weighted by atomic mass is 16.3. The van der Waals surface area contributed by atoms with Gasteiger partial charge in [-0.05, 0) is 31.0 Å². The van der Waals surface area contributed by atoms with Gasteiger partial charge in [0.05, 0.1) is 5.56 Å². The zero-order valence-corrected chi connectivity index (χ0v) is 14.3. The van der Waals surface area contributed by atoms with E-state index < -0.39 is 0 Å². The Bertz CT molecular complexity index is 928. The maximum atomic E-state index is 12.7. The summed E-state index contributed by atoms with van der Waals surface area (Å²) in [4.78, 5) is 12.7. The van der Waals surface area contributed by atoms with Gasteiger partial charge in [0.25, 0.3) is 0 Å². The lowest BCUT2D eigenvalue weighted by Gasteiger charge is -2.14. The summed E-state index contributed by atoms with van der Waals surface area (Å²) < 4.78 is 0. The molecule has 3 nitrogen and oxygen atoms in total. The third-order valence-corrected chi connectivity index (χ3v) is 4.35. The summed E-state index contributed by atoms with van der Waals surface area (Å²) in [5, 5.41) is 20.8. The predicted octanol–water partition coefficient (Wildman–Crippen LogP) is 4.54. The molecule has 2 N–H and O–H groups in total. The molecule has 25 heavy (non-hydrogen) atoms. The van der Waals surface area contributed by atoms with E-state index >= 15 is 0 Å². The van der Waals surface area contributed by atoms with Gasteiger partial charge < -0.3 is 10.2 Å². The van der Waals surface area contributed by atoms with Crippen molar-refractivity contribution in [2.45, 2.75) is 20.3 Å². The summed E-state index contributed by atoms with van der Waals surface area (Å²) >= 11 is 0. The molecule has 0 saturated heterocycles. The highest BCUT2D eigenvalue weighted by Gasteiger charge is 2.20. The van der Waals surface area contributed by atoms with E-state index in [4.69, 9.17) is 0 Å². The molecule has 0 fully saturated rings. The van der Waals surface area contributed by atoms with Gasteiger partial charge in [-0.2, -0.15) is 0 Å². The molecule has 3 rings (SSSR count). The summed E-state index contributed by atoms with van der Waals surface area (Å²) in [5.41, 5.74) is 3.84. The van der Waals surface area contributed by atoms with Crippen molar-refractivity contribution < 1.29 is 15.0 Å². The molecular formula is C22H20O3. The van der Waals surface area contributed by atoms with Crippen molar-refractivity contribution in [2.75, 3.05) is 0 Å². The van der Waals surface area contributed by atoms with Crippen molar-refractivity contribution >= 4 is 5.78 Å². The van der Waals surface area contributed by atoms with E-state index in [1.165, 1.54) is 0 Å². The largest absolute Gasteiger partial charge is 0.507 e. The van der Waals surface area contributed by atoms with Crippen LogP contribution in [0.25, 0.3) is 0 Å². The topological polar surface area (TPSA) is 57.5 Å². The second-order valence-corrected chi connectivity index (χ2v) is 6.27. The van der Waals surface area contributed by atoms with Crippen molar-refractivity contribution in [1.82, 2.24) is 0 Å². The standard InChI is InChI=1S/C22H20O3/c1-14-7-6-8-16(11-14)12-18-13-19(21(24)15(2)20(18)23)22(25)17-9-4-3-5-10-17/h3-11,13,23-24H,12H2,1-2H3. The van der Waals surface area contributed by atoms with Gasteiger partial charge in [0, 0.05) is 17.5 Å². The lowest BCUT2D eigenvalue weighted by Crippen LogP contribution is -2.04. The van der Waals surface area contributed by atoms with Crippen molar-refractivity contribution in [3.63, 3.8) is 0 Å². The minimum Gasteiger partial charge on any atom is -0.507 e. The van der Waals surface area contributed by atoms with Gasteiger partial charge in [-0.25, -0.2) is 0 Å². The summed E-state index contributed by atoms with van der Waals surface area (Å²) in [6.45, 7) is 3.63. The fourth-order valence-corrected chi connectivity index (χ4v) is 2.96. The first-order valence-electron chi connectivity index (χ1n) is 8.17. The van der Waals surface area contributed by atoms with Crippen LogP contribution in [0, 0.1) is 13.8 Å². The third-order valence-electron chi connectivity index (χ3n) is 4.35. The number of ketones is 1. The number of hydrogen-bond donors (Lipinski definition) is 2. The van der Waals surface area contributed by atoms with Crippen LogP contribution < -0.4 is 0 Å². The van der Waals surface area contributed by atoms with Crippen LogP contribution in [0.2, 0.25) is 0 Å². The fraction of sp³-hybridized carbons (Fsp3) is 0.136. The normalized spacial score (nSPS) is 10.6. The van der Waals surface area contributed by atoms with Crippen LogP contribution in [0.5, 0.6) is 11.5 Å². The Labute approximate surface area is 147 Å². The van der Waals surface area contributed by atoms with Crippen molar-refractivity contribution in [3.05, 3.63) is 94.0 Å². The summed E-state index contributed by atoms with van der Waals surface area (Å²) in [6.07, 6.45) is 0.490. The minimum absolute atomic E-state index is 0.0311. The zero-order chi connectivity index (χ0) is 18.0. The third kappa shape index (κ3) is 3.41. The number of carbonyl (C=O) groups is 1. The van der Waals surface area contributed by atoms with Crippen molar-refractivity contribution in [3.8, 4) is 11.5 Å². The number of carbonyl (C=O) groups excluding carboxylic acids is 1. The maximum Gasteiger partial charge on any atom is 0.196 e. The van der Waals surface area contributed by atoms with E-state index in [2.05, 4.69) is 0 Å². The monoisotopic (exact) mass is 332 g/mol. The van der Waals surface area contributed by atoms with Crippen LogP contribution in [0.4, 0.5) is 0 Å². The quantitative estimate of drug-likeness (QED) is 0.690. The summed E-state index contributed by atoms with van der Waals surface area (Å²) in [6, 6.07) is 18.4. The number of phenolic OH excluding ortho intramolecular Hbond substituents is 2. The van der Waals surface area contributed by atoms with Gasteiger partial charge in [-0.3, -0.25) is 4.79 Å². The molecule has 3 aromatic rings. The first kappa shape index (κ1) is 16.8. The molecule has 0 radical (unpaired) electrons. The van der Waals surface area contributed by atoms with Gasteiger partial charge >= 0.3 is 0 Å². The predicted molar refractivity (Wildman–Crippen MR) is 98.4 cm³/mol. The first-order chi connectivity index (χ1) is 12.0. The van der Waals surface area contributed by atoms with Gasteiger partial charge in [-0.1, -0.05) is 60.2 Å². The smallest absolute Gasteiger partial charge is 0.196 e. The Morgan fingerprint density at radius 1 is 0.880 bits per heavy atom. The highest BCUT2D eigenvalue weighted by molar-refractivity contribution is 6.11. The number of benzene rings is 3.